The summed E-state index contributed by atoms with van der Waals surface area (Å²) in [7, 11) is 0. The van der Waals surface area contributed by atoms with Gasteiger partial charge >= 0.3 is 0 Å². The Kier molecular flexibility index (Phi) is 5.43. The number of halogens is 1. The van der Waals surface area contributed by atoms with Gasteiger partial charge in [0.2, 0.25) is 0 Å². The third-order valence-corrected chi connectivity index (χ3v) is 4.79. The van der Waals surface area contributed by atoms with Gasteiger partial charge in [-0.1, -0.05) is 19.3 Å². The van der Waals surface area contributed by atoms with E-state index in [1.807, 2.05) is 0 Å². The maximum atomic E-state index is 12.1. The second-order valence-electron chi connectivity index (χ2n) is 6.26. The molecule has 1 atom stereocenters. The number of piperazine rings is 1. The summed E-state index contributed by atoms with van der Waals surface area (Å²) in [5.74, 6) is 0. The first-order chi connectivity index (χ1) is 8.77. The number of hydrogen-bond donors (Lipinski definition) is 1. The average Bonchev–Trinajstić information content (AvgIpc) is 2.40. The van der Waals surface area contributed by atoms with E-state index in [4.69, 9.17) is 0 Å². The monoisotopic (exact) mass is 256 g/mol. The van der Waals surface area contributed by atoms with Crippen molar-refractivity contribution in [1.29, 1.82) is 0 Å². The van der Waals surface area contributed by atoms with Crippen LogP contribution < -0.4 is 5.32 Å². The molecule has 1 N–H and O–H groups in total. The molecule has 0 aromatic carbocycles. The highest BCUT2D eigenvalue weighted by Gasteiger charge is 2.40. The molecular weight excluding hydrogens is 227 g/mol. The number of alkyl halides is 1. The zero-order chi connectivity index (χ0) is 12.8. The summed E-state index contributed by atoms with van der Waals surface area (Å²) in [5, 5.41) is 3.67. The first-order valence-corrected chi connectivity index (χ1v) is 7.81. The molecule has 2 rings (SSSR count). The molecule has 0 aromatic heterocycles. The molecule has 2 nitrogen and oxygen atoms in total. The molecule has 0 radical (unpaired) electrons. The van der Waals surface area contributed by atoms with Gasteiger partial charge in [0.15, 0.2) is 0 Å². The molecule has 1 aliphatic carbocycles. The van der Waals surface area contributed by atoms with Gasteiger partial charge in [0.05, 0.1) is 6.67 Å². The van der Waals surface area contributed by atoms with Crippen molar-refractivity contribution < 1.29 is 4.39 Å². The van der Waals surface area contributed by atoms with Gasteiger partial charge in [0.1, 0.15) is 0 Å². The van der Waals surface area contributed by atoms with Crippen molar-refractivity contribution in [3.8, 4) is 0 Å². The lowest BCUT2D eigenvalue weighted by Gasteiger charge is -2.51. The van der Waals surface area contributed by atoms with Gasteiger partial charge in [0, 0.05) is 24.7 Å². The molecule has 0 amide bonds. The molecule has 1 aliphatic heterocycles. The summed E-state index contributed by atoms with van der Waals surface area (Å²) in [4.78, 5) is 2.73. The lowest BCUT2D eigenvalue weighted by atomic mass is 9.78. The predicted octanol–water partition coefficient (Wildman–Crippen LogP) is 3.12. The lowest BCUT2D eigenvalue weighted by Crippen LogP contribution is -2.64. The van der Waals surface area contributed by atoms with Gasteiger partial charge in [0.25, 0.3) is 0 Å². The van der Waals surface area contributed by atoms with Gasteiger partial charge in [-0.2, -0.15) is 0 Å². The Labute approximate surface area is 111 Å². The van der Waals surface area contributed by atoms with Crippen LogP contribution in [0.2, 0.25) is 0 Å². The Hall–Kier alpha value is -0.150. The zero-order valence-corrected chi connectivity index (χ0v) is 11.9. The number of unbranched alkanes of at least 4 members (excludes halogenated alkanes) is 2. The van der Waals surface area contributed by atoms with E-state index in [0.717, 1.165) is 19.4 Å². The second kappa shape index (κ2) is 6.85. The van der Waals surface area contributed by atoms with Crippen molar-refractivity contribution in [2.75, 3.05) is 26.3 Å². The molecule has 1 saturated heterocycles. The number of nitrogens with zero attached hydrogens (tertiary/aromatic N) is 1. The minimum absolute atomic E-state index is 0.150. The summed E-state index contributed by atoms with van der Waals surface area (Å²) in [6.45, 7) is 5.65. The summed E-state index contributed by atoms with van der Waals surface area (Å²) in [5.41, 5.74) is 0.431. The molecule has 1 saturated carbocycles. The normalized spacial score (nSPS) is 28.7. The van der Waals surface area contributed by atoms with Crippen molar-refractivity contribution in [3.05, 3.63) is 0 Å². The maximum Gasteiger partial charge on any atom is 0.0894 e. The molecule has 18 heavy (non-hydrogen) atoms. The van der Waals surface area contributed by atoms with E-state index >= 15 is 0 Å². The Morgan fingerprint density at radius 3 is 2.67 bits per heavy atom. The molecule has 0 aromatic rings. The van der Waals surface area contributed by atoms with E-state index in [1.165, 1.54) is 51.6 Å². The van der Waals surface area contributed by atoms with Crippen molar-refractivity contribution in [3.63, 3.8) is 0 Å². The maximum absolute atomic E-state index is 12.1. The third-order valence-electron chi connectivity index (χ3n) is 4.79. The molecule has 2 aliphatic rings. The summed E-state index contributed by atoms with van der Waals surface area (Å²) < 4.78 is 12.1. The van der Waals surface area contributed by atoms with E-state index < -0.39 is 0 Å². The van der Waals surface area contributed by atoms with Gasteiger partial charge in [-0.15, -0.1) is 0 Å². The van der Waals surface area contributed by atoms with Crippen LogP contribution in [-0.2, 0) is 0 Å². The van der Waals surface area contributed by atoms with Crippen LogP contribution in [0.5, 0.6) is 0 Å². The van der Waals surface area contributed by atoms with Gasteiger partial charge in [-0.05, 0) is 45.6 Å². The number of hydrogen-bond acceptors (Lipinski definition) is 2. The van der Waals surface area contributed by atoms with E-state index in [0.29, 0.717) is 11.6 Å². The van der Waals surface area contributed by atoms with Gasteiger partial charge in [-0.25, -0.2) is 0 Å². The molecule has 1 spiro atoms. The highest BCUT2D eigenvalue weighted by atomic mass is 19.1. The van der Waals surface area contributed by atoms with Crippen molar-refractivity contribution in [1.82, 2.24) is 10.2 Å². The standard InChI is InChI=1S/C15H29FN2/c1-14-12-18(11-7-3-6-10-16)15(13-17-14)8-4-2-5-9-15/h14,17H,2-13H2,1H3. The van der Waals surface area contributed by atoms with Crippen LogP contribution in [0, 0.1) is 0 Å². The molecule has 106 valence electrons. The Bertz CT molecular complexity index is 239. The Balaban J connectivity index is 1.88. The largest absolute Gasteiger partial charge is 0.311 e. The van der Waals surface area contributed by atoms with Crippen LogP contribution in [-0.4, -0.2) is 42.8 Å². The van der Waals surface area contributed by atoms with Crippen LogP contribution in [0.25, 0.3) is 0 Å². The third kappa shape index (κ3) is 3.45. The highest BCUT2D eigenvalue weighted by molar-refractivity contribution is 4.99. The second-order valence-corrected chi connectivity index (χ2v) is 6.26. The quantitative estimate of drug-likeness (QED) is 0.760. The smallest absolute Gasteiger partial charge is 0.0894 e. The lowest BCUT2D eigenvalue weighted by molar-refractivity contribution is 0.0115. The summed E-state index contributed by atoms with van der Waals surface area (Å²) in [6, 6.07) is 0.610. The summed E-state index contributed by atoms with van der Waals surface area (Å²) >= 11 is 0. The molecule has 0 bridgehead atoms. The van der Waals surface area contributed by atoms with Crippen LogP contribution in [0.1, 0.15) is 58.3 Å². The topological polar surface area (TPSA) is 15.3 Å². The van der Waals surface area contributed by atoms with E-state index in [1.54, 1.807) is 0 Å². The fourth-order valence-electron chi connectivity index (χ4n) is 3.67. The van der Waals surface area contributed by atoms with Crippen molar-refractivity contribution >= 4 is 0 Å². The Morgan fingerprint density at radius 1 is 1.17 bits per heavy atom. The van der Waals surface area contributed by atoms with Crippen LogP contribution in [0.3, 0.4) is 0 Å². The highest BCUT2D eigenvalue weighted by Crippen LogP contribution is 2.35. The van der Waals surface area contributed by atoms with Crippen LogP contribution in [0.15, 0.2) is 0 Å². The average molecular weight is 256 g/mol. The Morgan fingerprint density at radius 2 is 1.94 bits per heavy atom. The SMILES string of the molecule is CC1CN(CCCCCF)C2(CCCCC2)CN1. The fourth-order valence-corrected chi connectivity index (χ4v) is 3.67. The fraction of sp³-hybridized carbons (Fsp3) is 1.00. The zero-order valence-electron chi connectivity index (χ0n) is 11.9. The summed E-state index contributed by atoms with van der Waals surface area (Å²) in [6.07, 6.45) is 9.85. The molecule has 1 heterocycles. The first-order valence-electron chi connectivity index (χ1n) is 7.81. The number of rotatable bonds is 5. The molecule has 1 unspecified atom stereocenters. The van der Waals surface area contributed by atoms with Gasteiger partial charge < -0.3 is 5.32 Å². The van der Waals surface area contributed by atoms with Gasteiger partial charge in [-0.3, -0.25) is 9.29 Å². The first kappa shape index (κ1) is 14.3. The minimum atomic E-state index is -0.150. The molecule has 2 fully saturated rings. The molecular formula is C15H29FN2. The number of nitrogens with one attached hydrogen (secondary N) is 1. The molecule has 3 heteroatoms. The van der Waals surface area contributed by atoms with Crippen molar-refractivity contribution in [2.24, 2.45) is 0 Å². The van der Waals surface area contributed by atoms with Crippen molar-refractivity contribution in [2.45, 2.75) is 69.9 Å². The van der Waals surface area contributed by atoms with Crippen LogP contribution >= 0.6 is 0 Å². The van der Waals surface area contributed by atoms with E-state index in [2.05, 4.69) is 17.1 Å². The predicted molar refractivity (Wildman–Crippen MR) is 74.7 cm³/mol. The minimum Gasteiger partial charge on any atom is -0.311 e. The van der Waals surface area contributed by atoms with E-state index in [9.17, 15) is 4.39 Å². The van der Waals surface area contributed by atoms with E-state index in [-0.39, 0.29) is 6.67 Å². The van der Waals surface area contributed by atoms with Crippen LogP contribution in [0.4, 0.5) is 4.39 Å².